The van der Waals surface area contributed by atoms with Gasteiger partial charge in [-0.2, -0.15) is 0 Å². The average molecular weight is 331 g/mol. The summed E-state index contributed by atoms with van der Waals surface area (Å²) in [6.07, 6.45) is 0.928. The zero-order valence-electron chi connectivity index (χ0n) is 14.3. The summed E-state index contributed by atoms with van der Waals surface area (Å²) in [4.78, 5) is 33.0. The first-order chi connectivity index (χ1) is 11.0. The Kier molecular flexibility index (Phi) is 12.4. The largest absolute Gasteiger partial charge is 0.446 e. The molecule has 0 bridgehead atoms. The zero-order valence-corrected chi connectivity index (χ0v) is 14.3. The van der Waals surface area contributed by atoms with Crippen LogP contribution in [0.5, 0.6) is 0 Å². The van der Waals surface area contributed by atoms with E-state index in [0.717, 1.165) is 6.42 Å². The average Bonchev–Trinajstić information content (AvgIpc) is 2.81. The Hall–Kier alpha value is -1.31. The maximum Gasteiger partial charge on any atom is 0.306 e. The normalized spacial score (nSPS) is 14.8. The molecule has 0 heterocycles. The maximum absolute atomic E-state index is 11.0. The number of ketones is 2. The number of hydrogen-bond donors (Lipinski definition) is 1. The molecule has 0 radical (unpaired) electrons. The molecule has 7 heteroatoms. The summed E-state index contributed by atoms with van der Waals surface area (Å²) in [5.41, 5.74) is 5.33. The van der Waals surface area contributed by atoms with Gasteiger partial charge in [0.1, 0.15) is 0 Å². The van der Waals surface area contributed by atoms with Gasteiger partial charge in [0.2, 0.25) is 6.10 Å². The van der Waals surface area contributed by atoms with Gasteiger partial charge in [-0.25, -0.2) is 0 Å². The number of carbonyl (C=O) groups excluding carboxylic acids is 3. The third-order valence-electron chi connectivity index (χ3n) is 3.01. The van der Waals surface area contributed by atoms with Crippen LogP contribution in [0.1, 0.15) is 52.9 Å². The lowest BCUT2D eigenvalue weighted by atomic mass is 10.2. The van der Waals surface area contributed by atoms with Crippen molar-refractivity contribution in [1.29, 1.82) is 0 Å². The van der Waals surface area contributed by atoms with Gasteiger partial charge in [0.05, 0.1) is 0 Å². The minimum Gasteiger partial charge on any atom is -0.446 e. The molecular weight excluding hydrogens is 302 g/mol. The molecule has 0 amide bonds. The number of ether oxygens (including phenoxy) is 3. The SMILES string of the molecule is CCCC(=O)OC1C(=O)CCC1=O.CCOC(CCN)OCC. The highest BCUT2D eigenvalue weighted by molar-refractivity contribution is 6.12. The van der Waals surface area contributed by atoms with Crippen LogP contribution in [0.15, 0.2) is 0 Å². The van der Waals surface area contributed by atoms with Gasteiger partial charge in [-0.3, -0.25) is 14.4 Å². The second kappa shape index (κ2) is 13.2. The zero-order chi connectivity index (χ0) is 17.7. The fourth-order valence-corrected chi connectivity index (χ4v) is 1.94. The van der Waals surface area contributed by atoms with Gasteiger partial charge < -0.3 is 19.9 Å². The van der Waals surface area contributed by atoms with Crippen LogP contribution < -0.4 is 5.73 Å². The Bertz CT molecular complexity index is 341. The molecule has 0 aromatic heterocycles. The minimum atomic E-state index is -1.10. The first kappa shape index (κ1) is 21.7. The van der Waals surface area contributed by atoms with Crippen LogP contribution in [-0.4, -0.2) is 49.7 Å². The second-order valence-corrected chi connectivity index (χ2v) is 4.97. The summed E-state index contributed by atoms with van der Waals surface area (Å²) in [5, 5.41) is 0. The van der Waals surface area contributed by atoms with Crippen LogP contribution in [0.4, 0.5) is 0 Å². The molecule has 23 heavy (non-hydrogen) atoms. The number of rotatable bonds is 9. The first-order valence-electron chi connectivity index (χ1n) is 8.18. The van der Waals surface area contributed by atoms with E-state index in [2.05, 4.69) is 0 Å². The van der Waals surface area contributed by atoms with Crippen LogP contribution in [0.25, 0.3) is 0 Å². The van der Waals surface area contributed by atoms with Crippen molar-refractivity contribution < 1.29 is 28.6 Å². The van der Waals surface area contributed by atoms with Crippen molar-refractivity contribution in [2.45, 2.75) is 65.3 Å². The monoisotopic (exact) mass is 331 g/mol. The van der Waals surface area contributed by atoms with Crippen molar-refractivity contribution >= 4 is 17.5 Å². The van der Waals surface area contributed by atoms with E-state index in [1.54, 1.807) is 0 Å². The standard InChI is InChI=1S/C9H12O4.C7H17NO2/c1-2-3-8(12)13-9-6(10)4-5-7(9)11;1-3-9-7(5-6-8)10-4-2/h9H,2-5H2,1H3;7H,3-6,8H2,1-2H3. The number of carbonyl (C=O) groups is 3. The van der Waals surface area contributed by atoms with Crippen LogP contribution in [0, 0.1) is 0 Å². The Balaban J connectivity index is 0.000000438. The van der Waals surface area contributed by atoms with E-state index in [9.17, 15) is 14.4 Å². The lowest BCUT2D eigenvalue weighted by Gasteiger charge is -2.15. The fraction of sp³-hybridized carbons (Fsp3) is 0.812. The summed E-state index contributed by atoms with van der Waals surface area (Å²) >= 11 is 0. The van der Waals surface area contributed by atoms with Crippen molar-refractivity contribution in [3.8, 4) is 0 Å². The number of Topliss-reactive ketones (excluding diaryl/α,β-unsaturated/α-hetero) is 2. The van der Waals surface area contributed by atoms with Gasteiger partial charge in [0.15, 0.2) is 17.9 Å². The van der Waals surface area contributed by atoms with E-state index in [0.29, 0.717) is 26.2 Å². The number of nitrogens with two attached hydrogens (primary N) is 1. The molecule has 134 valence electrons. The van der Waals surface area contributed by atoms with Crippen LogP contribution >= 0.6 is 0 Å². The first-order valence-corrected chi connectivity index (χ1v) is 8.18. The van der Waals surface area contributed by atoms with Crippen LogP contribution in [0.2, 0.25) is 0 Å². The highest BCUT2D eigenvalue weighted by Crippen LogP contribution is 2.14. The molecule has 0 aromatic carbocycles. The van der Waals surface area contributed by atoms with Crippen molar-refractivity contribution in [2.24, 2.45) is 5.73 Å². The van der Waals surface area contributed by atoms with E-state index < -0.39 is 12.1 Å². The van der Waals surface area contributed by atoms with E-state index >= 15 is 0 Å². The smallest absolute Gasteiger partial charge is 0.306 e. The quantitative estimate of drug-likeness (QED) is 0.386. The molecule has 1 rings (SSSR count). The van der Waals surface area contributed by atoms with Crippen molar-refractivity contribution in [3.63, 3.8) is 0 Å². The predicted molar refractivity (Wildman–Crippen MR) is 84.7 cm³/mol. The van der Waals surface area contributed by atoms with Crippen LogP contribution in [0.3, 0.4) is 0 Å². The van der Waals surface area contributed by atoms with Gasteiger partial charge >= 0.3 is 5.97 Å². The van der Waals surface area contributed by atoms with Gasteiger partial charge in [-0.05, 0) is 26.8 Å². The van der Waals surface area contributed by atoms with Crippen molar-refractivity contribution in [1.82, 2.24) is 0 Å². The molecule has 1 aliphatic rings. The summed E-state index contributed by atoms with van der Waals surface area (Å²) in [5.74, 6) is -1.000. The summed E-state index contributed by atoms with van der Waals surface area (Å²) in [6, 6.07) is 0. The Morgan fingerprint density at radius 2 is 1.65 bits per heavy atom. The van der Waals surface area contributed by atoms with E-state index in [-0.39, 0.29) is 37.1 Å². The van der Waals surface area contributed by atoms with E-state index in [1.807, 2.05) is 20.8 Å². The fourth-order valence-electron chi connectivity index (χ4n) is 1.94. The topological polar surface area (TPSA) is 105 Å². The van der Waals surface area contributed by atoms with Crippen LogP contribution in [-0.2, 0) is 28.6 Å². The van der Waals surface area contributed by atoms with Crippen molar-refractivity contribution in [3.05, 3.63) is 0 Å². The molecule has 0 saturated heterocycles. The van der Waals surface area contributed by atoms with Gasteiger partial charge in [0.25, 0.3) is 0 Å². The molecule has 0 spiro atoms. The molecular formula is C16H29NO6. The minimum absolute atomic E-state index is 0.0972. The molecule has 0 aromatic rings. The molecule has 0 atom stereocenters. The highest BCUT2D eigenvalue weighted by atomic mass is 16.7. The van der Waals surface area contributed by atoms with E-state index in [4.69, 9.17) is 19.9 Å². The molecule has 0 unspecified atom stereocenters. The molecule has 1 saturated carbocycles. The summed E-state index contributed by atoms with van der Waals surface area (Å²) in [7, 11) is 0. The maximum atomic E-state index is 11.0. The van der Waals surface area contributed by atoms with Gasteiger partial charge in [-0.15, -0.1) is 0 Å². The van der Waals surface area contributed by atoms with Gasteiger partial charge in [0, 0.05) is 38.9 Å². The van der Waals surface area contributed by atoms with E-state index in [1.165, 1.54) is 0 Å². The second-order valence-electron chi connectivity index (χ2n) is 4.97. The Morgan fingerprint density at radius 3 is 2.04 bits per heavy atom. The molecule has 0 aliphatic heterocycles. The predicted octanol–water partition coefficient (Wildman–Crippen LogP) is 1.36. The highest BCUT2D eigenvalue weighted by Gasteiger charge is 2.35. The van der Waals surface area contributed by atoms with Crippen molar-refractivity contribution in [2.75, 3.05) is 19.8 Å². The number of hydrogen-bond acceptors (Lipinski definition) is 7. The molecule has 7 nitrogen and oxygen atoms in total. The lowest BCUT2D eigenvalue weighted by Crippen LogP contribution is -2.28. The third-order valence-corrected chi connectivity index (χ3v) is 3.01. The Labute approximate surface area is 137 Å². The third kappa shape index (κ3) is 9.43. The lowest BCUT2D eigenvalue weighted by molar-refractivity contribution is -0.157. The molecule has 1 aliphatic carbocycles. The van der Waals surface area contributed by atoms with Gasteiger partial charge in [-0.1, -0.05) is 6.92 Å². The molecule has 2 N–H and O–H groups in total. The molecule has 1 fully saturated rings. The Morgan fingerprint density at radius 1 is 1.13 bits per heavy atom. The summed E-state index contributed by atoms with van der Waals surface area (Å²) < 4.78 is 15.2. The summed E-state index contributed by atoms with van der Waals surface area (Å²) in [6.45, 7) is 7.71. The number of esters is 1.